The van der Waals surface area contributed by atoms with Gasteiger partial charge in [-0.25, -0.2) is 8.78 Å². The summed E-state index contributed by atoms with van der Waals surface area (Å²) in [7, 11) is 0. The third-order valence-corrected chi connectivity index (χ3v) is 12.8. The van der Waals surface area contributed by atoms with Crippen molar-refractivity contribution in [3.05, 3.63) is 64.6 Å². The number of phenolic OH excluding ortho intramolecular Hbond substituents is 1. The zero-order valence-corrected chi connectivity index (χ0v) is 32.4. The Morgan fingerprint density at radius 3 is 2.55 bits per heavy atom. The predicted molar refractivity (Wildman–Crippen MR) is 205 cm³/mol. The number of nitrogens with zero attached hydrogens (tertiary/aromatic N) is 6. The van der Waals surface area contributed by atoms with E-state index in [0.29, 0.717) is 43.4 Å². The summed E-state index contributed by atoms with van der Waals surface area (Å²) >= 11 is 13.4. The predicted octanol–water partition coefficient (Wildman–Crippen LogP) is 7.96. The Morgan fingerprint density at radius 2 is 1.86 bits per heavy atom. The second-order valence-corrected chi connectivity index (χ2v) is 16.7. The van der Waals surface area contributed by atoms with Crippen LogP contribution in [0, 0.1) is 5.82 Å². The summed E-state index contributed by atoms with van der Waals surface area (Å²) in [6.45, 7) is 3.31. The Kier molecular flexibility index (Phi) is 10.4. The fraction of sp³-hybridized carbons (Fsp3) is 0.447. The highest BCUT2D eigenvalue weighted by molar-refractivity contribution is 8.22. The van der Waals surface area contributed by atoms with E-state index in [4.69, 9.17) is 38.3 Å². The van der Waals surface area contributed by atoms with Gasteiger partial charge in [0.2, 0.25) is 0 Å². The number of hydrogen-bond donors (Lipinski definition) is 1. The van der Waals surface area contributed by atoms with E-state index in [1.165, 1.54) is 24.9 Å². The first kappa shape index (κ1) is 38.8. The highest BCUT2D eigenvalue weighted by Crippen LogP contribution is 2.46. The number of halogens is 6. The van der Waals surface area contributed by atoms with Gasteiger partial charge in [-0.3, -0.25) is 14.7 Å². The molecular formula is C38H36ClF5N6O4S2. The smallest absolute Gasteiger partial charge is 0.418 e. The van der Waals surface area contributed by atoms with Gasteiger partial charge in [0.05, 0.1) is 21.5 Å². The fourth-order valence-corrected chi connectivity index (χ4v) is 10.4. The van der Waals surface area contributed by atoms with Crippen LogP contribution >= 0.6 is 35.6 Å². The minimum atomic E-state index is -5.00. The molecule has 6 heterocycles. The zero-order chi connectivity index (χ0) is 39.5. The number of carbonyl (C=O) groups is 1. The molecule has 56 heavy (non-hydrogen) atoms. The maximum absolute atomic E-state index is 16.7. The number of alkyl halides is 4. The number of hydrogen-bond acceptors (Lipinski definition) is 11. The van der Waals surface area contributed by atoms with Crippen LogP contribution in [0.15, 0.2) is 42.6 Å². The first-order chi connectivity index (χ1) is 26.7. The summed E-state index contributed by atoms with van der Waals surface area (Å²) in [4.78, 5) is 30.8. The van der Waals surface area contributed by atoms with Crippen LogP contribution in [0.1, 0.15) is 50.2 Å². The molecule has 4 aliphatic heterocycles. The maximum atomic E-state index is 16.7. The van der Waals surface area contributed by atoms with Crippen molar-refractivity contribution in [3.8, 4) is 28.8 Å². The molecule has 10 nitrogen and oxygen atoms in total. The van der Waals surface area contributed by atoms with E-state index in [1.54, 1.807) is 12.1 Å². The molecule has 296 valence electrons. The number of thiocarbonyl (C=S) groups is 1. The topological polar surface area (TPSA) is 104 Å². The molecule has 0 radical (unpaired) electrons. The van der Waals surface area contributed by atoms with Crippen LogP contribution in [0.25, 0.3) is 22.2 Å². The number of phenols is 1. The Morgan fingerprint density at radius 1 is 1.12 bits per heavy atom. The molecule has 18 heteroatoms. The Bertz CT molecular complexity index is 2190. The molecule has 1 N–H and O–H groups in total. The molecule has 4 aromatic rings. The summed E-state index contributed by atoms with van der Waals surface area (Å²) in [5.74, 6) is -0.809. The lowest BCUT2D eigenvalue weighted by Gasteiger charge is -2.43. The van der Waals surface area contributed by atoms with Crippen LogP contribution < -0.4 is 14.4 Å². The van der Waals surface area contributed by atoms with Gasteiger partial charge in [-0.15, -0.1) is 0 Å². The van der Waals surface area contributed by atoms with Crippen LogP contribution in [0.2, 0.25) is 5.02 Å². The number of fused-ring (bicyclic) bond motifs is 4. The van der Waals surface area contributed by atoms with Gasteiger partial charge in [-0.2, -0.15) is 23.1 Å². The van der Waals surface area contributed by atoms with Crippen molar-refractivity contribution in [3.63, 3.8) is 0 Å². The lowest BCUT2D eigenvalue weighted by molar-refractivity contribution is -0.137. The van der Waals surface area contributed by atoms with E-state index in [-0.39, 0.29) is 42.0 Å². The molecular weight excluding hydrogens is 799 g/mol. The number of pyridine rings is 1. The normalized spacial score (nSPS) is 23.5. The SMILES string of the molecule is CC(=O)Oc1ccc(CSC(=S)N2C3CCC2CN(c2nc(OC[C@@]45CCCN4C[C@H](F)C5)nc4c(F)c(-c5cc(O)cc(Cl)c5C(F)(F)F)ncc24)C3)cc1. The summed E-state index contributed by atoms with van der Waals surface area (Å²) in [6.07, 6.45) is -1.26. The number of rotatable bonds is 8. The molecule has 8 rings (SSSR count). The third kappa shape index (κ3) is 7.42. The van der Waals surface area contributed by atoms with Crippen molar-refractivity contribution >= 4 is 62.6 Å². The lowest BCUT2D eigenvalue weighted by Crippen LogP contribution is -2.55. The second kappa shape index (κ2) is 15.0. The van der Waals surface area contributed by atoms with Gasteiger partial charge in [0.25, 0.3) is 0 Å². The molecule has 0 aliphatic carbocycles. The average molecular weight is 835 g/mol. The average Bonchev–Trinajstić information content (AvgIpc) is 3.75. The number of aromatic nitrogens is 3. The number of anilines is 1. The highest BCUT2D eigenvalue weighted by Gasteiger charge is 2.50. The van der Waals surface area contributed by atoms with Crippen LogP contribution in [-0.4, -0.2) is 96.7 Å². The van der Waals surface area contributed by atoms with Crippen molar-refractivity contribution in [1.82, 2.24) is 24.8 Å². The maximum Gasteiger partial charge on any atom is 0.418 e. The molecule has 2 unspecified atom stereocenters. The van der Waals surface area contributed by atoms with Gasteiger partial charge < -0.3 is 24.4 Å². The molecule has 0 amide bonds. The van der Waals surface area contributed by atoms with Gasteiger partial charge in [0.1, 0.15) is 45.6 Å². The molecule has 4 fully saturated rings. The molecule has 0 spiro atoms. The number of piperazine rings is 1. The molecule has 0 saturated carbocycles. The van der Waals surface area contributed by atoms with Crippen molar-refractivity contribution in [2.24, 2.45) is 0 Å². The van der Waals surface area contributed by atoms with Crippen LogP contribution in [-0.2, 0) is 16.7 Å². The molecule has 2 bridgehead atoms. The van der Waals surface area contributed by atoms with Gasteiger partial charge in [0, 0.05) is 62.6 Å². The first-order valence-corrected chi connectivity index (χ1v) is 19.9. The van der Waals surface area contributed by atoms with Crippen molar-refractivity contribution in [2.75, 3.05) is 37.7 Å². The Labute approximate surface area is 333 Å². The first-order valence-electron chi connectivity index (χ1n) is 18.1. The van der Waals surface area contributed by atoms with Gasteiger partial charge in [0.15, 0.2) is 5.82 Å². The quantitative estimate of drug-likeness (QED) is 0.0807. The van der Waals surface area contributed by atoms with E-state index in [2.05, 4.69) is 19.8 Å². The van der Waals surface area contributed by atoms with Crippen molar-refractivity contribution in [1.29, 1.82) is 0 Å². The molecule has 4 aliphatic rings. The number of aromatic hydroxyl groups is 1. The number of thioether (sulfide) groups is 1. The van der Waals surface area contributed by atoms with Crippen molar-refractivity contribution in [2.45, 2.75) is 74.8 Å². The Balaban J connectivity index is 1.11. The van der Waals surface area contributed by atoms with E-state index in [9.17, 15) is 27.5 Å². The number of benzene rings is 2. The molecule has 2 aromatic carbocycles. The highest BCUT2D eigenvalue weighted by atomic mass is 35.5. The van der Waals surface area contributed by atoms with Gasteiger partial charge >= 0.3 is 18.2 Å². The minimum Gasteiger partial charge on any atom is -0.508 e. The van der Waals surface area contributed by atoms with Crippen LogP contribution in [0.3, 0.4) is 0 Å². The Hall–Kier alpha value is -4.06. The molecule has 2 aromatic heterocycles. The molecule has 4 atom stereocenters. The van der Waals surface area contributed by atoms with Crippen LogP contribution in [0.5, 0.6) is 17.5 Å². The third-order valence-electron chi connectivity index (χ3n) is 11.0. The number of carbonyl (C=O) groups excluding carboxylic acids is 1. The van der Waals surface area contributed by atoms with E-state index < -0.39 is 57.3 Å². The van der Waals surface area contributed by atoms with Gasteiger partial charge in [-0.1, -0.05) is 47.7 Å². The largest absolute Gasteiger partial charge is 0.508 e. The summed E-state index contributed by atoms with van der Waals surface area (Å²) < 4.78 is 86.1. The summed E-state index contributed by atoms with van der Waals surface area (Å²) in [6, 6.07) is 8.50. The monoisotopic (exact) mass is 834 g/mol. The van der Waals surface area contributed by atoms with E-state index in [1.807, 2.05) is 17.0 Å². The number of ether oxygens (including phenoxy) is 2. The van der Waals surface area contributed by atoms with E-state index >= 15 is 4.39 Å². The van der Waals surface area contributed by atoms with Crippen molar-refractivity contribution < 1.29 is 41.3 Å². The lowest BCUT2D eigenvalue weighted by atomic mass is 9.95. The molecule has 4 saturated heterocycles. The van der Waals surface area contributed by atoms with E-state index in [0.717, 1.165) is 47.8 Å². The number of esters is 1. The van der Waals surface area contributed by atoms with Gasteiger partial charge in [-0.05, 0) is 62.1 Å². The minimum absolute atomic E-state index is 0.0127. The van der Waals surface area contributed by atoms with Crippen LogP contribution in [0.4, 0.5) is 27.8 Å². The fourth-order valence-electron chi connectivity index (χ4n) is 8.64. The standard InChI is InChI=1S/C38H36ClF5N6O4S2/c1-20(51)54-26-7-3-21(4-8-26)18-56-36(55)50-23-5-6-24(50)17-48(16-23)34-28-14-45-32(27-11-25(52)12-29(39)30(27)38(42,43)44)31(41)33(28)46-35(47-34)53-19-37-9-2-10-49(37)15-22(40)13-37/h3-4,7-8,11-12,14,22-24,52H,2,5-6,9-10,13,15-19H2,1H3/t22-,23?,24?,37+/m1/s1. The zero-order valence-electron chi connectivity index (χ0n) is 30.0. The second-order valence-electron chi connectivity index (χ2n) is 14.7. The summed E-state index contributed by atoms with van der Waals surface area (Å²) in [5.41, 5.74) is -2.69. The summed E-state index contributed by atoms with van der Waals surface area (Å²) in [5, 5.41) is 9.55.